The van der Waals surface area contributed by atoms with Gasteiger partial charge in [0.25, 0.3) is 0 Å². The maximum Gasteiger partial charge on any atom is 0.244 e. The minimum absolute atomic E-state index is 0.222. The Morgan fingerprint density at radius 1 is 1.53 bits per heavy atom. The number of rotatable bonds is 4. The van der Waals surface area contributed by atoms with Crippen LogP contribution in [0.3, 0.4) is 0 Å². The van der Waals surface area contributed by atoms with Gasteiger partial charge in [-0.2, -0.15) is 5.26 Å². The zero-order chi connectivity index (χ0) is 13.9. The second-order valence-electron chi connectivity index (χ2n) is 5.09. The van der Waals surface area contributed by atoms with Gasteiger partial charge < -0.3 is 10.1 Å². The Bertz CT molecular complexity index is 513. The largest absolute Gasteiger partial charge is 0.492 e. The molecule has 1 N–H and O–H groups in total. The monoisotopic (exact) mass is 258 g/mol. The molecule has 0 heterocycles. The van der Waals surface area contributed by atoms with E-state index in [0.717, 1.165) is 0 Å². The van der Waals surface area contributed by atoms with Gasteiger partial charge in [-0.05, 0) is 37.8 Å². The molecular weight excluding hydrogens is 240 g/mol. The zero-order valence-electron chi connectivity index (χ0n) is 11.3. The van der Waals surface area contributed by atoms with E-state index >= 15 is 0 Å². The topological polar surface area (TPSA) is 62.1 Å². The number of nitriles is 1. The van der Waals surface area contributed by atoms with Crippen LogP contribution in [-0.4, -0.2) is 12.5 Å². The fourth-order valence-electron chi connectivity index (χ4n) is 2.55. The van der Waals surface area contributed by atoms with Crippen LogP contribution < -0.4 is 10.1 Å². The summed E-state index contributed by atoms with van der Waals surface area (Å²) in [6.45, 7) is 4.48. The molecule has 1 aliphatic carbocycles. The summed E-state index contributed by atoms with van der Waals surface area (Å²) in [5.41, 5.74) is -0.234. The van der Waals surface area contributed by atoms with Crippen molar-refractivity contribution in [2.24, 2.45) is 11.3 Å². The average molecular weight is 258 g/mol. The van der Waals surface area contributed by atoms with Gasteiger partial charge in [0.2, 0.25) is 5.91 Å². The number of nitrogens with zero attached hydrogens (tertiary/aromatic N) is 1. The first-order valence-electron chi connectivity index (χ1n) is 6.56. The lowest BCUT2D eigenvalue weighted by molar-refractivity contribution is -0.128. The Morgan fingerprint density at radius 3 is 2.79 bits per heavy atom. The first kappa shape index (κ1) is 13.4. The molecule has 100 valence electrons. The van der Waals surface area contributed by atoms with E-state index in [9.17, 15) is 10.1 Å². The van der Waals surface area contributed by atoms with E-state index in [1.54, 1.807) is 6.07 Å². The van der Waals surface area contributed by atoms with Crippen molar-refractivity contribution in [1.29, 1.82) is 5.26 Å². The molecule has 0 aromatic heterocycles. The van der Waals surface area contributed by atoms with Crippen molar-refractivity contribution in [3.8, 4) is 11.8 Å². The van der Waals surface area contributed by atoms with Crippen molar-refractivity contribution in [3.63, 3.8) is 0 Å². The highest BCUT2D eigenvalue weighted by atomic mass is 16.5. The van der Waals surface area contributed by atoms with Crippen LogP contribution in [-0.2, 0) is 4.79 Å². The Hall–Kier alpha value is -2.02. The summed E-state index contributed by atoms with van der Waals surface area (Å²) in [6, 6.07) is 9.45. The quantitative estimate of drug-likeness (QED) is 0.903. The predicted octanol–water partition coefficient (Wildman–Crippen LogP) is 2.96. The molecule has 0 atom stereocenters. The van der Waals surface area contributed by atoms with Crippen LogP contribution in [0, 0.1) is 22.7 Å². The number of nitrogens with one attached hydrogen (secondary N) is 1. The first-order chi connectivity index (χ1) is 9.11. The fraction of sp³-hybridized carbons (Fsp3) is 0.467. The van der Waals surface area contributed by atoms with E-state index in [-0.39, 0.29) is 5.91 Å². The van der Waals surface area contributed by atoms with E-state index < -0.39 is 5.41 Å². The summed E-state index contributed by atoms with van der Waals surface area (Å²) in [4.78, 5) is 12.3. The molecule has 0 saturated heterocycles. The number of ether oxygens (including phenoxy) is 1. The van der Waals surface area contributed by atoms with Gasteiger partial charge in [-0.25, -0.2) is 0 Å². The molecule has 0 radical (unpaired) electrons. The fourth-order valence-corrected chi connectivity index (χ4v) is 2.55. The maximum atomic E-state index is 12.3. The molecule has 0 spiro atoms. The lowest BCUT2D eigenvalue weighted by Crippen LogP contribution is -2.45. The molecule has 1 aliphatic rings. The molecular formula is C15H18N2O2. The van der Waals surface area contributed by atoms with Crippen molar-refractivity contribution < 1.29 is 9.53 Å². The van der Waals surface area contributed by atoms with Gasteiger partial charge >= 0.3 is 0 Å². The van der Waals surface area contributed by atoms with Gasteiger partial charge in [0.05, 0.1) is 18.4 Å². The third-order valence-corrected chi connectivity index (χ3v) is 3.48. The molecule has 0 bridgehead atoms. The Balaban J connectivity index is 2.13. The standard InChI is InChI=1S/C15H18N2O2/c1-3-19-13-7-5-4-6-12(13)17-14(18)15(10-16)8-11(2)9-15/h4-7,11H,3,8-9H2,1-2H3,(H,17,18). The van der Waals surface area contributed by atoms with Gasteiger partial charge in [-0.3, -0.25) is 4.79 Å². The number of hydrogen-bond acceptors (Lipinski definition) is 3. The molecule has 0 aliphatic heterocycles. The van der Waals surface area contributed by atoms with Gasteiger partial charge in [0.1, 0.15) is 11.2 Å². The highest BCUT2D eigenvalue weighted by Gasteiger charge is 2.49. The van der Waals surface area contributed by atoms with Crippen molar-refractivity contribution in [2.75, 3.05) is 11.9 Å². The first-order valence-corrected chi connectivity index (χ1v) is 6.56. The molecule has 19 heavy (non-hydrogen) atoms. The number of anilines is 1. The zero-order valence-corrected chi connectivity index (χ0v) is 11.3. The van der Waals surface area contributed by atoms with Crippen molar-refractivity contribution in [2.45, 2.75) is 26.7 Å². The van der Waals surface area contributed by atoms with E-state index in [2.05, 4.69) is 18.3 Å². The molecule has 2 rings (SSSR count). The third-order valence-electron chi connectivity index (χ3n) is 3.48. The highest BCUT2D eigenvalue weighted by molar-refractivity contribution is 5.99. The number of hydrogen-bond donors (Lipinski definition) is 1. The molecule has 1 aromatic rings. The lowest BCUT2D eigenvalue weighted by Gasteiger charge is -2.39. The molecule has 1 fully saturated rings. The summed E-state index contributed by atoms with van der Waals surface area (Å²) >= 11 is 0. The third kappa shape index (κ3) is 2.55. The second kappa shape index (κ2) is 5.31. The van der Waals surface area contributed by atoms with Gasteiger partial charge in [-0.15, -0.1) is 0 Å². The second-order valence-corrected chi connectivity index (χ2v) is 5.09. The normalized spacial score (nSPS) is 25.0. The lowest BCUT2D eigenvalue weighted by atomic mass is 9.63. The Labute approximate surface area is 113 Å². The Kier molecular flexibility index (Phi) is 3.75. The van der Waals surface area contributed by atoms with Crippen LogP contribution in [0.15, 0.2) is 24.3 Å². The number of amides is 1. The molecule has 0 unspecified atom stereocenters. The molecule has 4 heteroatoms. The predicted molar refractivity (Wildman–Crippen MR) is 72.7 cm³/mol. The maximum absolute atomic E-state index is 12.3. The number of carbonyl (C=O) groups excluding carboxylic acids is 1. The molecule has 1 aromatic carbocycles. The van der Waals surface area contributed by atoms with Crippen LogP contribution in [0.4, 0.5) is 5.69 Å². The molecule has 1 saturated carbocycles. The Morgan fingerprint density at radius 2 is 2.21 bits per heavy atom. The SMILES string of the molecule is CCOc1ccccc1NC(=O)C1(C#N)CC(C)C1. The van der Waals surface area contributed by atoms with Gasteiger partial charge in [0, 0.05) is 0 Å². The smallest absolute Gasteiger partial charge is 0.244 e. The van der Waals surface area contributed by atoms with Crippen molar-refractivity contribution in [1.82, 2.24) is 0 Å². The summed E-state index contributed by atoms with van der Waals surface area (Å²) in [6.07, 6.45) is 1.26. The summed E-state index contributed by atoms with van der Waals surface area (Å²) in [5.74, 6) is 0.853. The minimum atomic E-state index is -0.862. The number of carbonyl (C=O) groups is 1. The van der Waals surface area contributed by atoms with E-state index in [1.807, 2.05) is 25.1 Å². The van der Waals surface area contributed by atoms with Crippen LogP contribution >= 0.6 is 0 Å². The van der Waals surface area contributed by atoms with Crippen molar-refractivity contribution >= 4 is 11.6 Å². The van der Waals surface area contributed by atoms with E-state index in [4.69, 9.17) is 4.74 Å². The highest BCUT2D eigenvalue weighted by Crippen LogP contribution is 2.46. The molecule has 1 amide bonds. The summed E-state index contributed by atoms with van der Waals surface area (Å²) in [5, 5.41) is 12.1. The summed E-state index contributed by atoms with van der Waals surface area (Å²) in [7, 11) is 0. The summed E-state index contributed by atoms with van der Waals surface area (Å²) < 4.78 is 5.46. The number of benzene rings is 1. The average Bonchev–Trinajstić information content (AvgIpc) is 2.37. The molecule has 4 nitrogen and oxygen atoms in total. The van der Waals surface area contributed by atoms with Crippen LogP contribution in [0.1, 0.15) is 26.7 Å². The van der Waals surface area contributed by atoms with Crippen LogP contribution in [0.5, 0.6) is 5.75 Å². The van der Waals surface area contributed by atoms with E-state index in [0.29, 0.717) is 36.8 Å². The van der Waals surface area contributed by atoms with Crippen molar-refractivity contribution in [3.05, 3.63) is 24.3 Å². The van der Waals surface area contributed by atoms with Gasteiger partial charge in [-0.1, -0.05) is 19.1 Å². The van der Waals surface area contributed by atoms with E-state index in [1.165, 1.54) is 0 Å². The van der Waals surface area contributed by atoms with Crippen LogP contribution in [0.25, 0.3) is 0 Å². The van der Waals surface area contributed by atoms with Crippen LogP contribution in [0.2, 0.25) is 0 Å². The number of para-hydroxylation sites is 2. The van der Waals surface area contributed by atoms with Gasteiger partial charge in [0.15, 0.2) is 0 Å². The minimum Gasteiger partial charge on any atom is -0.492 e.